The van der Waals surface area contributed by atoms with Crippen LogP contribution in [0.5, 0.6) is 5.75 Å². The average Bonchev–Trinajstić information content (AvgIpc) is 2.68. The number of nitrogens with two attached hydrogens (primary N) is 1. The number of ether oxygens (including phenoxy) is 1. The van der Waals surface area contributed by atoms with E-state index in [0.29, 0.717) is 22.1 Å². The van der Waals surface area contributed by atoms with E-state index in [0.717, 1.165) is 10.5 Å². The summed E-state index contributed by atoms with van der Waals surface area (Å²) in [6.45, 7) is 0. The molecule has 1 atom stereocenters. The van der Waals surface area contributed by atoms with Crippen molar-refractivity contribution in [2.75, 3.05) is 18.2 Å². The summed E-state index contributed by atoms with van der Waals surface area (Å²) in [7, 11) is 1.55. The van der Waals surface area contributed by atoms with Crippen LogP contribution in [0.1, 0.15) is 10.8 Å². The molecule has 0 aromatic heterocycles. The average molecular weight is 399 g/mol. The fraction of sp³-hybridized carbons (Fsp3) is 0.0952. The van der Waals surface area contributed by atoms with Crippen molar-refractivity contribution in [3.8, 4) is 5.75 Å². The van der Waals surface area contributed by atoms with Crippen molar-refractivity contribution >= 4 is 40.6 Å². The minimum absolute atomic E-state index is 0.135. The van der Waals surface area contributed by atoms with Crippen LogP contribution in [0.25, 0.3) is 0 Å². The molecule has 0 radical (unpaired) electrons. The molecule has 6 heteroatoms. The monoisotopic (exact) mass is 398 g/mol. The number of anilines is 2. The van der Waals surface area contributed by atoms with Gasteiger partial charge in [0.25, 0.3) is 0 Å². The molecule has 27 heavy (non-hydrogen) atoms. The quantitative estimate of drug-likeness (QED) is 0.431. The molecule has 0 saturated heterocycles. The van der Waals surface area contributed by atoms with Gasteiger partial charge in [-0.3, -0.25) is 4.79 Å². The summed E-state index contributed by atoms with van der Waals surface area (Å²) in [5, 5.41) is 2.96. The fourth-order valence-corrected chi connectivity index (χ4v) is 3.82. The predicted molar refractivity (Wildman–Crippen MR) is 113 cm³/mol. The van der Waals surface area contributed by atoms with E-state index in [9.17, 15) is 4.79 Å². The molecule has 0 aliphatic rings. The van der Waals surface area contributed by atoms with Crippen molar-refractivity contribution in [3.63, 3.8) is 0 Å². The lowest BCUT2D eigenvalue weighted by Gasteiger charge is -2.17. The Morgan fingerprint density at radius 2 is 1.78 bits per heavy atom. The number of rotatable bonds is 6. The number of carbonyl (C=O) groups is 1. The third kappa shape index (κ3) is 4.96. The Hall–Kier alpha value is -2.63. The first-order valence-corrected chi connectivity index (χ1v) is 9.54. The van der Waals surface area contributed by atoms with Gasteiger partial charge in [-0.15, -0.1) is 11.8 Å². The summed E-state index contributed by atoms with van der Waals surface area (Å²) < 4.78 is 5.15. The Kier molecular flexibility index (Phi) is 6.27. The number of halogens is 1. The first kappa shape index (κ1) is 19.1. The number of benzene rings is 3. The number of carbonyl (C=O) groups excluding carboxylic acids is 1. The lowest BCUT2D eigenvalue weighted by Crippen LogP contribution is -2.19. The summed E-state index contributed by atoms with van der Waals surface area (Å²) in [5.74, 6) is 0.426. The maximum atomic E-state index is 13.0. The number of hydrogen-bond acceptors (Lipinski definition) is 4. The van der Waals surface area contributed by atoms with Crippen LogP contribution in [0.2, 0.25) is 5.02 Å². The van der Waals surface area contributed by atoms with Crippen LogP contribution < -0.4 is 15.8 Å². The normalized spacial score (nSPS) is 11.6. The van der Waals surface area contributed by atoms with Gasteiger partial charge in [0.1, 0.15) is 11.0 Å². The lowest BCUT2D eigenvalue weighted by atomic mass is 10.1. The molecule has 1 amide bonds. The smallest absolute Gasteiger partial charge is 0.242 e. The van der Waals surface area contributed by atoms with Gasteiger partial charge >= 0.3 is 0 Å². The SMILES string of the molecule is COc1ccc(NC(=O)C(Sc2ccc(N)cc2)c2ccccc2)cc1Cl. The largest absolute Gasteiger partial charge is 0.495 e. The number of nitrogen functional groups attached to an aromatic ring is 1. The van der Waals surface area contributed by atoms with Crippen molar-refractivity contribution in [1.29, 1.82) is 0 Å². The molecule has 0 saturated carbocycles. The summed E-state index contributed by atoms with van der Waals surface area (Å²) in [6, 6.07) is 22.3. The van der Waals surface area contributed by atoms with Gasteiger partial charge in [0.2, 0.25) is 5.91 Å². The molecule has 3 aromatic rings. The third-order valence-corrected chi connectivity index (χ3v) is 5.46. The highest BCUT2D eigenvalue weighted by Gasteiger charge is 2.22. The van der Waals surface area contributed by atoms with Crippen LogP contribution in [0.4, 0.5) is 11.4 Å². The minimum atomic E-state index is -0.421. The standard InChI is InChI=1S/C21H19ClN2O2S/c1-26-19-12-9-16(13-18(19)22)24-21(25)20(14-5-3-2-4-6-14)27-17-10-7-15(23)8-11-17/h2-13,20H,23H2,1H3,(H,24,25). The highest BCUT2D eigenvalue weighted by Crippen LogP contribution is 2.37. The molecule has 1 unspecified atom stereocenters. The molecular weight excluding hydrogens is 380 g/mol. The molecule has 0 heterocycles. The van der Waals surface area contributed by atoms with Crippen molar-refractivity contribution in [3.05, 3.63) is 83.4 Å². The van der Waals surface area contributed by atoms with E-state index in [4.69, 9.17) is 22.1 Å². The van der Waals surface area contributed by atoms with Crippen molar-refractivity contribution in [2.24, 2.45) is 0 Å². The molecule has 138 valence electrons. The Balaban J connectivity index is 1.84. The second kappa shape index (κ2) is 8.84. The summed E-state index contributed by atoms with van der Waals surface area (Å²) in [6.07, 6.45) is 0. The molecule has 0 fully saturated rings. The summed E-state index contributed by atoms with van der Waals surface area (Å²) >= 11 is 7.63. The first-order valence-electron chi connectivity index (χ1n) is 8.28. The molecule has 3 aromatic carbocycles. The van der Waals surface area contributed by atoms with E-state index < -0.39 is 5.25 Å². The lowest BCUT2D eigenvalue weighted by molar-refractivity contribution is -0.115. The maximum Gasteiger partial charge on any atom is 0.242 e. The second-order valence-electron chi connectivity index (χ2n) is 5.82. The third-order valence-electron chi connectivity index (χ3n) is 3.89. The van der Waals surface area contributed by atoms with Crippen LogP contribution in [-0.2, 0) is 4.79 Å². The second-order valence-corrected chi connectivity index (χ2v) is 7.40. The number of methoxy groups -OCH3 is 1. The molecule has 3 N–H and O–H groups in total. The van der Waals surface area contributed by atoms with Crippen molar-refractivity contribution < 1.29 is 9.53 Å². The van der Waals surface area contributed by atoms with E-state index in [1.165, 1.54) is 11.8 Å². The first-order chi connectivity index (χ1) is 13.1. The van der Waals surface area contributed by atoms with E-state index in [-0.39, 0.29) is 5.91 Å². The number of nitrogens with one attached hydrogen (secondary N) is 1. The molecule has 0 aliphatic heterocycles. The summed E-state index contributed by atoms with van der Waals surface area (Å²) in [5.41, 5.74) is 7.97. The zero-order chi connectivity index (χ0) is 19.2. The zero-order valence-corrected chi connectivity index (χ0v) is 16.3. The molecular formula is C21H19ClN2O2S. The number of thioether (sulfide) groups is 1. The highest BCUT2D eigenvalue weighted by molar-refractivity contribution is 8.00. The molecule has 3 rings (SSSR count). The van der Waals surface area contributed by atoms with Crippen LogP contribution in [0.3, 0.4) is 0 Å². The molecule has 4 nitrogen and oxygen atoms in total. The molecule has 0 bridgehead atoms. The van der Waals surface area contributed by atoms with Gasteiger partial charge in [0.05, 0.1) is 12.1 Å². The minimum Gasteiger partial charge on any atom is -0.495 e. The Labute approximate surface area is 167 Å². The van der Waals surface area contributed by atoms with Gasteiger partial charge in [-0.05, 0) is 48.0 Å². The maximum absolute atomic E-state index is 13.0. The Morgan fingerprint density at radius 3 is 2.41 bits per heavy atom. The number of amides is 1. The van der Waals surface area contributed by atoms with Gasteiger partial charge in [-0.2, -0.15) is 0 Å². The van der Waals surface area contributed by atoms with E-state index in [2.05, 4.69) is 5.32 Å². The van der Waals surface area contributed by atoms with Gasteiger partial charge in [-0.1, -0.05) is 41.9 Å². The highest BCUT2D eigenvalue weighted by atomic mass is 35.5. The van der Waals surface area contributed by atoms with E-state index in [1.54, 1.807) is 25.3 Å². The Bertz CT molecular complexity index is 917. The molecule has 0 spiro atoms. The Morgan fingerprint density at radius 1 is 1.07 bits per heavy atom. The van der Waals surface area contributed by atoms with Crippen LogP contribution >= 0.6 is 23.4 Å². The topological polar surface area (TPSA) is 64.3 Å². The van der Waals surface area contributed by atoms with Crippen LogP contribution in [-0.4, -0.2) is 13.0 Å². The van der Waals surface area contributed by atoms with Gasteiger partial charge < -0.3 is 15.8 Å². The van der Waals surface area contributed by atoms with Gasteiger partial charge in [0, 0.05) is 16.3 Å². The molecule has 0 aliphatic carbocycles. The van der Waals surface area contributed by atoms with Gasteiger partial charge in [-0.25, -0.2) is 0 Å². The number of hydrogen-bond donors (Lipinski definition) is 2. The van der Waals surface area contributed by atoms with Crippen molar-refractivity contribution in [2.45, 2.75) is 10.1 Å². The van der Waals surface area contributed by atoms with Crippen LogP contribution in [0.15, 0.2) is 77.7 Å². The predicted octanol–water partition coefficient (Wildman–Crippen LogP) is 5.40. The van der Waals surface area contributed by atoms with E-state index >= 15 is 0 Å². The van der Waals surface area contributed by atoms with Crippen LogP contribution in [0, 0.1) is 0 Å². The zero-order valence-electron chi connectivity index (χ0n) is 14.7. The fourth-order valence-electron chi connectivity index (χ4n) is 2.54. The van der Waals surface area contributed by atoms with Gasteiger partial charge in [0.15, 0.2) is 0 Å². The van der Waals surface area contributed by atoms with Crippen molar-refractivity contribution in [1.82, 2.24) is 0 Å². The summed E-state index contributed by atoms with van der Waals surface area (Å²) in [4.78, 5) is 14.0. The van der Waals surface area contributed by atoms with E-state index in [1.807, 2.05) is 54.6 Å².